The van der Waals surface area contributed by atoms with Crippen LogP contribution in [0, 0.1) is 6.92 Å². The van der Waals surface area contributed by atoms with Gasteiger partial charge >= 0.3 is 0 Å². The first-order chi connectivity index (χ1) is 17.1. The van der Waals surface area contributed by atoms with Gasteiger partial charge in [-0.2, -0.15) is 0 Å². The van der Waals surface area contributed by atoms with E-state index in [1.54, 1.807) is 43.3 Å². The molecule has 8 nitrogen and oxygen atoms in total. The summed E-state index contributed by atoms with van der Waals surface area (Å²) in [6.07, 6.45) is 1.32. The Bertz CT molecular complexity index is 1250. The smallest absolute Gasteiger partial charge is 0.244 e. The predicted octanol–water partition coefficient (Wildman–Crippen LogP) is 4.80. The fourth-order valence-electron chi connectivity index (χ4n) is 3.80. The second-order valence-electron chi connectivity index (χ2n) is 9.87. The Morgan fingerprint density at radius 1 is 1.11 bits per heavy atom. The Hall–Kier alpha value is -2.49. The van der Waals surface area contributed by atoms with Crippen LogP contribution in [0.3, 0.4) is 0 Å². The van der Waals surface area contributed by atoms with Crippen molar-refractivity contribution in [2.24, 2.45) is 0 Å². The number of anilines is 1. The monoisotopic (exact) mass is 571 g/mol. The Labute approximate surface area is 229 Å². The fraction of sp³-hybridized carbons (Fsp3) is 0.462. The van der Waals surface area contributed by atoms with Gasteiger partial charge in [-0.05, 0) is 69.5 Å². The molecule has 11 heteroatoms. The average molecular weight is 573 g/mol. The van der Waals surface area contributed by atoms with Crippen LogP contribution in [0.4, 0.5) is 5.69 Å². The van der Waals surface area contributed by atoms with Gasteiger partial charge in [0, 0.05) is 22.1 Å². The summed E-state index contributed by atoms with van der Waals surface area (Å²) in [6.45, 7) is 8.56. The number of carbonyl (C=O) groups is 2. The Balaban J connectivity index is 2.57. The van der Waals surface area contributed by atoms with Crippen LogP contribution in [0.2, 0.25) is 10.0 Å². The van der Waals surface area contributed by atoms with Gasteiger partial charge in [0.1, 0.15) is 18.3 Å². The molecule has 0 radical (unpaired) electrons. The molecule has 0 spiro atoms. The molecule has 1 atom stereocenters. The van der Waals surface area contributed by atoms with Crippen molar-refractivity contribution in [2.75, 3.05) is 24.2 Å². The first-order valence-electron chi connectivity index (χ1n) is 11.7. The average Bonchev–Trinajstić information content (AvgIpc) is 2.76. The Morgan fingerprint density at radius 2 is 1.76 bits per heavy atom. The molecule has 37 heavy (non-hydrogen) atoms. The highest BCUT2D eigenvalue weighted by molar-refractivity contribution is 7.92. The molecule has 0 aromatic heterocycles. The normalized spacial score (nSPS) is 12.6. The molecule has 0 saturated carbocycles. The topological polar surface area (TPSA) is 96.0 Å². The molecule has 1 unspecified atom stereocenters. The molecule has 0 saturated heterocycles. The minimum atomic E-state index is -3.90. The SMILES string of the molecule is CCC(C(=O)NC(C)(C)C)N(Cc1ccc(Cl)cc1Cl)C(=O)CN(c1cc(C)ccc1OC)S(C)(=O)=O. The highest BCUT2D eigenvalue weighted by Gasteiger charge is 2.34. The highest BCUT2D eigenvalue weighted by Crippen LogP contribution is 2.31. The van der Waals surface area contributed by atoms with Gasteiger partial charge in [-0.1, -0.05) is 42.3 Å². The molecular weight excluding hydrogens is 537 g/mol. The summed E-state index contributed by atoms with van der Waals surface area (Å²) in [5.74, 6) is -0.628. The predicted molar refractivity (Wildman–Crippen MR) is 149 cm³/mol. The Morgan fingerprint density at radius 3 is 2.27 bits per heavy atom. The molecule has 0 heterocycles. The van der Waals surface area contributed by atoms with Crippen LogP contribution in [0.1, 0.15) is 45.2 Å². The van der Waals surface area contributed by atoms with E-state index in [1.165, 1.54) is 12.0 Å². The zero-order chi connectivity index (χ0) is 28.1. The first kappa shape index (κ1) is 30.7. The number of ether oxygens (including phenoxy) is 1. The van der Waals surface area contributed by atoms with E-state index < -0.39 is 34.1 Å². The third-order valence-corrected chi connectivity index (χ3v) is 7.24. The van der Waals surface area contributed by atoms with Crippen LogP contribution in [0.25, 0.3) is 0 Å². The second kappa shape index (κ2) is 12.4. The van der Waals surface area contributed by atoms with Crippen molar-refractivity contribution in [1.29, 1.82) is 0 Å². The van der Waals surface area contributed by atoms with Gasteiger partial charge in [-0.3, -0.25) is 13.9 Å². The second-order valence-corrected chi connectivity index (χ2v) is 12.6. The minimum Gasteiger partial charge on any atom is -0.495 e. The van der Waals surface area contributed by atoms with Crippen molar-refractivity contribution in [2.45, 2.75) is 59.2 Å². The summed E-state index contributed by atoms with van der Waals surface area (Å²) in [5.41, 5.74) is 1.05. The van der Waals surface area contributed by atoms with E-state index >= 15 is 0 Å². The van der Waals surface area contributed by atoms with Crippen LogP contribution in [0.5, 0.6) is 5.75 Å². The van der Waals surface area contributed by atoms with E-state index in [2.05, 4.69) is 5.32 Å². The maximum Gasteiger partial charge on any atom is 0.244 e. The molecule has 1 N–H and O–H groups in total. The Kier molecular flexibility index (Phi) is 10.3. The summed E-state index contributed by atoms with van der Waals surface area (Å²) in [4.78, 5) is 28.5. The van der Waals surface area contributed by atoms with E-state index in [0.29, 0.717) is 27.8 Å². The van der Waals surface area contributed by atoms with Crippen molar-refractivity contribution in [3.8, 4) is 5.75 Å². The molecule has 2 aromatic rings. The molecule has 204 valence electrons. The van der Waals surface area contributed by atoms with Crippen molar-refractivity contribution in [3.63, 3.8) is 0 Å². The molecule has 0 aliphatic heterocycles. The lowest BCUT2D eigenvalue weighted by Gasteiger charge is -2.35. The summed E-state index contributed by atoms with van der Waals surface area (Å²) < 4.78 is 32.1. The number of nitrogens with one attached hydrogen (secondary N) is 1. The molecule has 0 bridgehead atoms. The van der Waals surface area contributed by atoms with Crippen LogP contribution < -0.4 is 14.4 Å². The quantitative estimate of drug-likeness (QED) is 0.442. The maximum atomic E-state index is 13.8. The zero-order valence-corrected chi connectivity index (χ0v) is 24.6. The van der Waals surface area contributed by atoms with Crippen molar-refractivity contribution >= 4 is 50.7 Å². The van der Waals surface area contributed by atoms with Gasteiger partial charge < -0.3 is 15.0 Å². The molecule has 2 rings (SSSR count). The number of amides is 2. The lowest BCUT2D eigenvalue weighted by atomic mass is 10.1. The van der Waals surface area contributed by atoms with E-state index in [-0.39, 0.29) is 18.1 Å². The number of carbonyl (C=O) groups excluding carboxylic acids is 2. The molecule has 0 aliphatic rings. The third-order valence-electron chi connectivity index (χ3n) is 5.52. The molecule has 2 aromatic carbocycles. The summed E-state index contributed by atoms with van der Waals surface area (Å²) in [7, 11) is -2.48. The summed E-state index contributed by atoms with van der Waals surface area (Å²) in [5, 5.41) is 3.68. The van der Waals surface area contributed by atoms with Crippen molar-refractivity contribution < 1.29 is 22.7 Å². The highest BCUT2D eigenvalue weighted by atomic mass is 35.5. The molecule has 0 aliphatic carbocycles. The van der Waals surface area contributed by atoms with Gasteiger partial charge in [-0.25, -0.2) is 8.42 Å². The number of hydrogen-bond acceptors (Lipinski definition) is 5. The zero-order valence-electron chi connectivity index (χ0n) is 22.3. The fourth-order valence-corrected chi connectivity index (χ4v) is 5.11. The van der Waals surface area contributed by atoms with E-state index in [4.69, 9.17) is 27.9 Å². The van der Waals surface area contributed by atoms with Gasteiger partial charge in [0.25, 0.3) is 0 Å². The largest absolute Gasteiger partial charge is 0.495 e. The van der Waals surface area contributed by atoms with Crippen molar-refractivity contribution in [1.82, 2.24) is 10.2 Å². The van der Waals surface area contributed by atoms with E-state index in [1.807, 2.05) is 27.7 Å². The molecule has 2 amide bonds. The van der Waals surface area contributed by atoms with Gasteiger partial charge in [0.05, 0.1) is 19.1 Å². The van der Waals surface area contributed by atoms with Crippen molar-refractivity contribution in [3.05, 3.63) is 57.6 Å². The van der Waals surface area contributed by atoms with E-state index in [9.17, 15) is 18.0 Å². The number of benzene rings is 2. The number of sulfonamides is 1. The van der Waals surface area contributed by atoms with Gasteiger partial charge in [0.15, 0.2) is 0 Å². The lowest BCUT2D eigenvalue weighted by molar-refractivity contribution is -0.141. The van der Waals surface area contributed by atoms with E-state index in [0.717, 1.165) is 16.1 Å². The van der Waals surface area contributed by atoms with Crippen LogP contribution >= 0.6 is 23.2 Å². The first-order valence-corrected chi connectivity index (χ1v) is 14.4. The van der Waals surface area contributed by atoms with Gasteiger partial charge in [0.2, 0.25) is 21.8 Å². The third kappa shape index (κ3) is 8.51. The summed E-state index contributed by atoms with van der Waals surface area (Å²) >= 11 is 12.4. The van der Waals surface area contributed by atoms with Crippen LogP contribution in [-0.4, -0.2) is 56.6 Å². The number of rotatable bonds is 10. The minimum absolute atomic E-state index is 0.0204. The van der Waals surface area contributed by atoms with Gasteiger partial charge in [-0.15, -0.1) is 0 Å². The maximum absolute atomic E-state index is 13.8. The number of halogens is 2. The molecule has 0 fully saturated rings. The van der Waals surface area contributed by atoms with Crippen LogP contribution in [0.15, 0.2) is 36.4 Å². The number of hydrogen-bond donors (Lipinski definition) is 1. The standard InChI is InChI=1S/C26H35Cl2N3O5S/c1-8-21(25(33)29-26(3,4)5)30(15-18-10-11-19(27)14-20(18)28)24(32)16-31(37(7,34)35)22-13-17(2)9-12-23(22)36-6/h9-14,21H,8,15-16H2,1-7H3,(H,29,33). The lowest BCUT2D eigenvalue weighted by Crippen LogP contribution is -2.55. The molecular formula is C26H35Cl2N3O5S. The van der Waals surface area contributed by atoms with Crippen LogP contribution in [-0.2, 0) is 26.2 Å². The number of aryl methyl sites for hydroxylation is 1. The summed E-state index contributed by atoms with van der Waals surface area (Å²) in [6, 6.07) is 9.06. The number of methoxy groups -OCH3 is 1. The number of nitrogens with zero attached hydrogens (tertiary/aromatic N) is 2.